The second-order valence-electron chi connectivity index (χ2n) is 5.20. The van der Waals surface area contributed by atoms with E-state index in [1.54, 1.807) is 11.3 Å². The summed E-state index contributed by atoms with van der Waals surface area (Å²) in [4.78, 5) is 16.9. The molecule has 1 aliphatic rings. The molecule has 3 heterocycles. The number of aryl methyl sites for hydroxylation is 1. The molecule has 20 heavy (non-hydrogen) atoms. The second-order valence-corrected chi connectivity index (χ2v) is 6.98. The lowest BCUT2D eigenvalue weighted by Gasteiger charge is -2.31. The van der Waals surface area contributed by atoms with Crippen molar-refractivity contribution >= 4 is 28.7 Å². The molecule has 0 amide bonds. The first-order valence-corrected chi connectivity index (χ1v) is 8.47. The number of likely N-dealkylation sites (tertiary alicyclic amines) is 1. The lowest BCUT2D eigenvalue weighted by Crippen LogP contribution is -2.38. The Morgan fingerprint density at radius 3 is 3.15 bits per heavy atom. The molecule has 6 heteroatoms. The van der Waals surface area contributed by atoms with E-state index in [1.807, 2.05) is 24.4 Å². The Labute approximate surface area is 126 Å². The summed E-state index contributed by atoms with van der Waals surface area (Å²) in [6.07, 6.45) is 2.10. The Balaban J connectivity index is 1.65. The fourth-order valence-corrected chi connectivity index (χ4v) is 4.05. The van der Waals surface area contributed by atoms with Crippen molar-refractivity contribution in [2.45, 2.75) is 26.3 Å². The smallest absolute Gasteiger partial charge is 0.177 e. The topological polar surface area (TPSA) is 46.1 Å². The highest BCUT2D eigenvalue weighted by molar-refractivity contribution is 7.12. The van der Waals surface area contributed by atoms with Gasteiger partial charge in [0.1, 0.15) is 0 Å². The van der Waals surface area contributed by atoms with Crippen molar-refractivity contribution in [3.63, 3.8) is 0 Å². The minimum Gasteiger partial charge on any atom is -0.297 e. The van der Waals surface area contributed by atoms with Crippen LogP contribution in [0.4, 0.5) is 0 Å². The molecule has 0 saturated carbocycles. The summed E-state index contributed by atoms with van der Waals surface area (Å²) >= 11 is 3.01. The van der Waals surface area contributed by atoms with E-state index in [1.165, 1.54) is 16.4 Å². The van der Waals surface area contributed by atoms with Crippen molar-refractivity contribution in [2.75, 3.05) is 13.1 Å². The van der Waals surface area contributed by atoms with E-state index in [0.29, 0.717) is 5.78 Å². The number of Topliss-reactive ketones (excluding diaryl/α,β-unsaturated/α-hetero) is 1. The molecule has 1 saturated heterocycles. The zero-order chi connectivity index (χ0) is 13.9. The molecular weight excluding hydrogens is 290 g/mol. The number of aromatic nitrogens is 2. The maximum atomic E-state index is 12.4. The lowest BCUT2D eigenvalue weighted by atomic mass is 9.93. The summed E-state index contributed by atoms with van der Waals surface area (Å²) in [6.45, 7) is 4.79. The van der Waals surface area contributed by atoms with Crippen molar-refractivity contribution in [1.29, 1.82) is 0 Å². The van der Waals surface area contributed by atoms with Crippen LogP contribution in [0.5, 0.6) is 0 Å². The minimum absolute atomic E-state index is 0.142. The highest BCUT2D eigenvalue weighted by Gasteiger charge is 2.27. The van der Waals surface area contributed by atoms with E-state index >= 15 is 0 Å². The highest BCUT2D eigenvalue weighted by Crippen LogP contribution is 2.25. The van der Waals surface area contributed by atoms with Gasteiger partial charge in [-0.15, -0.1) is 16.4 Å². The van der Waals surface area contributed by atoms with Gasteiger partial charge in [0.05, 0.1) is 15.4 Å². The van der Waals surface area contributed by atoms with Crippen molar-refractivity contribution in [1.82, 2.24) is 14.5 Å². The molecule has 3 rings (SSSR count). The van der Waals surface area contributed by atoms with E-state index in [0.717, 1.165) is 43.0 Å². The van der Waals surface area contributed by atoms with Crippen LogP contribution in [0.25, 0.3) is 0 Å². The largest absolute Gasteiger partial charge is 0.297 e. The number of ketones is 1. The molecule has 0 spiro atoms. The standard InChI is InChI=1S/C14H17N3OS2/c1-10-13(20-16-15-10)9-17-6-2-4-11(8-17)14(18)12-5-3-7-19-12/h3,5,7,11H,2,4,6,8-9H2,1H3/t11-/m0/s1. The lowest BCUT2D eigenvalue weighted by molar-refractivity contribution is 0.0817. The number of nitrogens with zero attached hydrogens (tertiary/aromatic N) is 3. The second kappa shape index (κ2) is 6.11. The molecule has 0 N–H and O–H groups in total. The quantitative estimate of drug-likeness (QED) is 0.815. The van der Waals surface area contributed by atoms with Crippen LogP contribution in [-0.2, 0) is 6.54 Å². The molecule has 1 fully saturated rings. The SMILES string of the molecule is Cc1nnsc1CN1CCC[C@H](C(=O)c2cccs2)C1. The van der Waals surface area contributed by atoms with Crippen LogP contribution in [0, 0.1) is 12.8 Å². The molecule has 1 atom stereocenters. The Morgan fingerprint density at radius 1 is 1.55 bits per heavy atom. The van der Waals surface area contributed by atoms with Gasteiger partial charge in [0.15, 0.2) is 5.78 Å². The van der Waals surface area contributed by atoms with Crippen molar-refractivity contribution in [3.8, 4) is 0 Å². The Morgan fingerprint density at radius 2 is 2.45 bits per heavy atom. The highest BCUT2D eigenvalue weighted by atomic mass is 32.1. The van der Waals surface area contributed by atoms with Crippen LogP contribution in [0.1, 0.15) is 33.1 Å². The number of piperidine rings is 1. The van der Waals surface area contributed by atoms with Gasteiger partial charge in [-0.25, -0.2) is 0 Å². The Hall–Kier alpha value is -1.11. The van der Waals surface area contributed by atoms with E-state index in [9.17, 15) is 4.79 Å². The van der Waals surface area contributed by atoms with Crippen LogP contribution in [-0.4, -0.2) is 33.4 Å². The average molecular weight is 307 g/mol. The fourth-order valence-electron chi connectivity index (χ4n) is 2.63. The third-order valence-corrected chi connectivity index (χ3v) is 5.45. The summed E-state index contributed by atoms with van der Waals surface area (Å²) in [5.41, 5.74) is 1.02. The number of rotatable bonds is 4. The number of hydrogen-bond donors (Lipinski definition) is 0. The molecule has 106 valence electrons. The van der Waals surface area contributed by atoms with Gasteiger partial charge >= 0.3 is 0 Å². The maximum Gasteiger partial charge on any atom is 0.177 e. The molecule has 0 radical (unpaired) electrons. The number of carbonyl (C=O) groups excluding carboxylic acids is 1. The molecule has 4 nitrogen and oxygen atoms in total. The summed E-state index contributed by atoms with van der Waals surface area (Å²) in [7, 11) is 0. The van der Waals surface area contributed by atoms with Gasteiger partial charge < -0.3 is 0 Å². The van der Waals surface area contributed by atoms with E-state index in [4.69, 9.17) is 0 Å². The van der Waals surface area contributed by atoms with Gasteiger partial charge in [0.2, 0.25) is 0 Å². The number of carbonyl (C=O) groups is 1. The van der Waals surface area contributed by atoms with Gasteiger partial charge in [0.25, 0.3) is 0 Å². The predicted molar refractivity (Wildman–Crippen MR) is 81.3 cm³/mol. The van der Waals surface area contributed by atoms with Crippen LogP contribution >= 0.6 is 22.9 Å². The molecule has 2 aromatic heterocycles. The predicted octanol–water partition coefficient (Wildman–Crippen LogP) is 3.00. The monoisotopic (exact) mass is 307 g/mol. The molecule has 2 aromatic rings. The molecule has 0 aliphatic carbocycles. The van der Waals surface area contributed by atoms with E-state index < -0.39 is 0 Å². The minimum atomic E-state index is 0.142. The average Bonchev–Trinajstić information content (AvgIpc) is 3.11. The van der Waals surface area contributed by atoms with Crippen LogP contribution in [0.2, 0.25) is 0 Å². The zero-order valence-corrected chi connectivity index (χ0v) is 13.0. The normalized spacial score (nSPS) is 20.1. The molecule has 0 aromatic carbocycles. The van der Waals surface area contributed by atoms with Crippen molar-refractivity contribution in [3.05, 3.63) is 33.0 Å². The van der Waals surface area contributed by atoms with E-state index in [2.05, 4.69) is 14.5 Å². The maximum absolute atomic E-state index is 12.4. The van der Waals surface area contributed by atoms with E-state index in [-0.39, 0.29) is 5.92 Å². The fraction of sp³-hybridized carbons (Fsp3) is 0.500. The Bertz CT molecular complexity index is 579. The third-order valence-electron chi connectivity index (χ3n) is 3.75. The van der Waals surface area contributed by atoms with Crippen LogP contribution < -0.4 is 0 Å². The summed E-state index contributed by atoms with van der Waals surface area (Å²) in [6, 6.07) is 3.88. The van der Waals surface area contributed by atoms with Gasteiger partial charge in [-0.2, -0.15) is 0 Å². The first-order valence-electron chi connectivity index (χ1n) is 6.82. The van der Waals surface area contributed by atoms with Crippen molar-refractivity contribution < 1.29 is 4.79 Å². The Kier molecular flexibility index (Phi) is 4.24. The first kappa shape index (κ1) is 13.9. The van der Waals surface area contributed by atoms with Gasteiger partial charge in [-0.1, -0.05) is 10.6 Å². The van der Waals surface area contributed by atoms with Gasteiger partial charge in [0, 0.05) is 19.0 Å². The molecule has 1 aliphatic heterocycles. The van der Waals surface area contributed by atoms with Crippen LogP contribution in [0.15, 0.2) is 17.5 Å². The third kappa shape index (κ3) is 2.97. The number of thiophene rings is 1. The van der Waals surface area contributed by atoms with Crippen LogP contribution in [0.3, 0.4) is 0 Å². The zero-order valence-electron chi connectivity index (χ0n) is 11.4. The molecule has 0 bridgehead atoms. The number of hydrogen-bond acceptors (Lipinski definition) is 6. The van der Waals surface area contributed by atoms with Crippen molar-refractivity contribution in [2.24, 2.45) is 5.92 Å². The summed E-state index contributed by atoms with van der Waals surface area (Å²) in [5.74, 6) is 0.451. The summed E-state index contributed by atoms with van der Waals surface area (Å²) in [5, 5.41) is 6.03. The van der Waals surface area contributed by atoms with Gasteiger partial charge in [-0.3, -0.25) is 9.69 Å². The molecule has 0 unspecified atom stereocenters. The summed E-state index contributed by atoms with van der Waals surface area (Å²) < 4.78 is 3.98. The van der Waals surface area contributed by atoms with Gasteiger partial charge in [-0.05, 0) is 49.3 Å². The molecular formula is C14H17N3OS2. The first-order chi connectivity index (χ1) is 9.74.